The third-order valence-electron chi connectivity index (χ3n) is 5.96. The number of sulfonamides is 1. The van der Waals surface area contributed by atoms with E-state index in [2.05, 4.69) is 35.9 Å². The second-order valence-corrected chi connectivity index (χ2v) is 10.7. The second kappa shape index (κ2) is 11.8. The number of guanidine groups is 1. The van der Waals surface area contributed by atoms with Crippen LogP contribution in [0.3, 0.4) is 0 Å². The summed E-state index contributed by atoms with van der Waals surface area (Å²) in [4.78, 5) is 9.71. The maximum atomic E-state index is 13.3. The predicted molar refractivity (Wildman–Crippen MR) is 137 cm³/mol. The van der Waals surface area contributed by atoms with Gasteiger partial charge in [-0.2, -0.15) is 4.31 Å². The zero-order valence-corrected chi connectivity index (χ0v) is 22.4. The monoisotopic (exact) mass is 563 g/mol. The van der Waals surface area contributed by atoms with E-state index >= 15 is 0 Å². The van der Waals surface area contributed by atoms with E-state index in [-0.39, 0.29) is 24.0 Å². The molecule has 176 valence electrons. The van der Waals surface area contributed by atoms with E-state index in [0.717, 1.165) is 44.2 Å². The summed E-state index contributed by atoms with van der Waals surface area (Å²) in [6.07, 6.45) is 1.24. The van der Waals surface area contributed by atoms with E-state index < -0.39 is 10.0 Å². The van der Waals surface area contributed by atoms with Crippen LogP contribution in [0.15, 0.2) is 34.2 Å². The number of piperazine rings is 1. The number of nitrogens with one attached hydrogen (secondary N) is 1. The van der Waals surface area contributed by atoms with Crippen LogP contribution in [0.4, 0.5) is 0 Å². The molecular formula is C22H38IN5O2S. The minimum Gasteiger partial charge on any atom is -0.357 e. The Labute approximate surface area is 205 Å². The fourth-order valence-corrected chi connectivity index (χ4v) is 6.11. The lowest BCUT2D eigenvalue weighted by atomic mass is 9.92. The standard InChI is InChI=1S/C22H37N5O2S.HI/c1-5-23-22(26-16-18(2)14-19(3)17-26)24-15-20-8-6-7-9-21(20)30(28,29)27-12-10-25(4)11-13-27;/h6-9,18-19H,5,10-17H2,1-4H3,(H,23,24);1H. The first kappa shape index (κ1) is 26.3. The van der Waals surface area contributed by atoms with Gasteiger partial charge in [0.05, 0.1) is 11.4 Å². The van der Waals surface area contributed by atoms with E-state index in [1.807, 2.05) is 19.2 Å². The Kier molecular flexibility index (Phi) is 10.0. The molecule has 2 atom stereocenters. The summed E-state index contributed by atoms with van der Waals surface area (Å²) in [5.74, 6) is 2.13. The SMILES string of the molecule is CCNC(=NCc1ccccc1S(=O)(=O)N1CCN(C)CC1)N1CC(C)CC(C)C1.I. The zero-order chi connectivity index (χ0) is 21.7. The van der Waals surface area contributed by atoms with Gasteiger partial charge in [-0.1, -0.05) is 32.0 Å². The maximum absolute atomic E-state index is 13.3. The number of benzene rings is 1. The van der Waals surface area contributed by atoms with Crippen molar-refractivity contribution < 1.29 is 8.42 Å². The Hall–Kier alpha value is -0.910. The molecule has 2 unspecified atom stereocenters. The van der Waals surface area contributed by atoms with Crippen LogP contribution in [-0.2, 0) is 16.6 Å². The second-order valence-electron chi connectivity index (χ2n) is 8.84. The number of likely N-dealkylation sites (tertiary alicyclic amines) is 1. The van der Waals surface area contributed by atoms with Gasteiger partial charge in [0.2, 0.25) is 10.0 Å². The lowest BCUT2D eigenvalue weighted by molar-refractivity contribution is 0.208. The van der Waals surface area contributed by atoms with Crippen LogP contribution in [0.25, 0.3) is 0 Å². The molecule has 0 amide bonds. The molecule has 0 radical (unpaired) electrons. The minimum atomic E-state index is -3.52. The van der Waals surface area contributed by atoms with Crippen molar-refractivity contribution in [1.82, 2.24) is 19.4 Å². The van der Waals surface area contributed by atoms with E-state index in [1.54, 1.807) is 16.4 Å². The van der Waals surface area contributed by atoms with E-state index in [9.17, 15) is 8.42 Å². The van der Waals surface area contributed by atoms with Crippen molar-refractivity contribution in [3.05, 3.63) is 29.8 Å². The fraction of sp³-hybridized carbons (Fsp3) is 0.682. The van der Waals surface area contributed by atoms with Gasteiger partial charge in [-0.05, 0) is 43.9 Å². The molecule has 1 aromatic rings. The zero-order valence-electron chi connectivity index (χ0n) is 19.2. The summed E-state index contributed by atoms with van der Waals surface area (Å²) in [7, 11) is -1.49. The molecule has 0 aliphatic carbocycles. The molecule has 7 nitrogen and oxygen atoms in total. The molecule has 9 heteroatoms. The number of hydrogen-bond donors (Lipinski definition) is 1. The molecule has 0 saturated carbocycles. The number of halogens is 1. The smallest absolute Gasteiger partial charge is 0.243 e. The van der Waals surface area contributed by atoms with Crippen LogP contribution in [0.2, 0.25) is 0 Å². The van der Waals surface area contributed by atoms with E-state index in [0.29, 0.717) is 36.4 Å². The molecule has 1 aromatic carbocycles. The number of aliphatic imine (C=N–C) groups is 1. The van der Waals surface area contributed by atoms with Crippen molar-refractivity contribution in [1.29, 1.82) is 0 Å². The highest BCUT2D eigenvalue weighted by Crippen LogP contribution is 2.23. The van der Waals surface area contributed by atoms with Crippen LogP contribution in [0.1, 0.15) is 32.8 Å². The molecule has 2 saturated heterocycles. The lowest BCUT2D eigenvalue weighted by Gasteiger charge is -2.37. The molecule has 1 N–H and O–H groups in total. The molecule has 2 aliphatic heterocycles. The van der Waals surface area contributed by atoms with Crippen LogP contribution >= 0.6 is 24.0 Å². The van der Waals surface area contributed by atoms with Gasteiger partial charge in [-0.15, -0.1) is 24.0 Å². The largest absolute Gasteiger partial charge is 0.357 e. The van der Waals surface area contributed by atoms with Crippen molar-refractivity contribution in [2.75, 3.05) is 52.9 Å². The third kappa shape index (κ3) is 6.79. The van der Waals surface area contributed by atoms with E-state index in [1.165, 1.54) is 6.42 Å². The lowest BCUT2D eigenvalue weighted by Crippen LogP contribution is -2.48. The van der Waals surface area contributed by atoms with Crippen molar-refractivity contribution in [3.8, 4) is 0 Å². The van der Waals surface area contributed by atoms with Gasteiger partial charge in [0, 0.05) is 45.8 Å². The first-order valence-electron chi connectivity index (χ1n) is 11.1. The summed E-state index contributed by atoms with van der Waals surface area (Å²) in [5.41, 5.74) is 0.755. The first-order chi connectivity index (χ1) is 14.3. The van der Waals surface area contributed by atoms with Crippen molar-refractivity contribution in [2.45, 2.75) is 38.6 Å². The Morgan fingerprint density at radius 1 is 1.10 bits per heavy atom. The predicted octanol–water partition coefficient (Wildman–Crippen LogP) is 2.68. The average Bonchev–Trinajstić information content (AvgIpc) is 2.71. The number of piperidine rings is 1. The molecule has 0 spiro atoms. The quantitative estimate of drug-likeness (QED) is 0.339. The number of likely N-dealkylation sites (N-methyl/N-ethyl adjacent to an activating group) is 1. The van der Waals surface area contributed by atoms with Gasteiger partial charge in [-0.25, -0.2) is 13.4 Å². The topological polar surface area (TPSA) is 68.2 Å². The van der Waals surface area contributed by atoms with Crippen molar-refractivity contribution in [2.24, 2.45) is 16.8 Å². The molecule has 2 aliphatic rings. The molecular weight excluding hydrogens is 525 g/mol. The summed E-state index contributed by atoms with van der Waals surface area (Å²) in [6, 6.07) is 7.30. The third-order valence-corrected chi connectivity index (χ3v) is 7.95. The minimum absolute atomic E-state index is 0. The summed E-state index contributed by atoms with van der Waals surface area (Å²) < 4.78 is 28.2. The Bertz CT molecular complexity index is 830. The summed E-state index contributed by atoms with van der Waals surface area (Å²) in [6.45, 7) is 12.3. The van der Waals surface area contributed by atoms with Crippen molar-refractivity contribution in [3.63, 3.8) is 0 Å². The Balaban J connectivity index is 0.00000341. The number of nitrogens with zero attached hydrogens (tertiary/aromatic N) is 4. The fourth-order valence-electron chi connectivity index (χ4n) is 4.48. The molecule has 0 bridgehead atoms. The van der Waals surface area contributed by atoms with Gasteiger partial charge in [-0.3, -0.25) is 0 Å². The summed E-state index contributed by atoms with van der Waals surface area (Å²) >= 11 is 0. The van der Waals surface area contributed by atoms with Gasteiger partial charge in [0.25, 0.3) is 0 Å². The molecule has 0 aromatic heterocycles. The normalized spacial score (nSPS) is 24.0. The first-order valence-corrected chi connectivity index (χ1v) is 12.5. The van der Waals surface area contributed by atoms with E-state index in [4.69, 9.17) is 4.99 Å². The van der Waals surface area contributed by atoms with Gasteiger partial charge >= 0.3 is 0 Å². The number of rotatable bonds is 5. The number of hydrogen-bond acceptors (Lipinski definition) is 4. The van der Waals surface area contributed by atoms with Gasteiger partial charge in [0.1, 0.15) is 0 Å². The molecule has 2 fully saturated rings. The average molecular weight is 564 g/mol. The van der Waals surface area contributed by atoms with Gasteiger partial charge < -0.3 is 15.1 Å². The Morgan fingerprint density at radius 3 is 2.32 bits per heavy atom. The van der Waals surface area contributed by atoms with Gasteiger partial charge in [0.15, 0.2) is 5.96 Å². The molecule has 3 rings (SSSR count). The molecule has 31 heavy (non-hydrogen) atoms. The molecule has 2 heterocycles. The van der Waals surface area contributed by atoms with Crippen LogP contribution in [0.5, 0.6) is 0 Å². The maximum Gasteiger partial charge on any atom is 0.243 e. The summed E-state index contributed by atoms with van der Waals surface area (Å²) in [5, 5.41) is 3.40. The Morgan fingerprint density at radius 2 is 1.71 bits per heavy atom. The van der Waals surface area contributed by atoms with Crippen LogP contribution in [0, 0.1) is 11.8 Å². The van der Waals surface area contributed by atoms with Crippen LogP contribution < -0.4 is 5.32 Å². The highest BCUT2D eigenvalue weighted by atomic mass is 127. The van der Waals surface area contributed by atoms with Crippen molar-refractivity contribution >= 4 is 40.0 Å². The van der Waals surface area contributed by atoms with Crippen LogP contribution in [-0.4, -0.2) is 81.3 Å². The highest BCUT2D eigenvalue weighted by Gasteiger charge is 2.29. The highest BCUT2D eigenvalue weighted by molar-refractivity contribution is 14.0.